The minimum Gasteiger partial charge on any atom is -0.374 e. The van der Waals surface area contributed by atoms with E-state index in [1.54, 1.807) is 11.6 Å². The maximum absolute atomic E-state index is 11.9. The number of rotatable bonds is 3. The minimum absolute atomic E-state index is 0.000334. The van der Waals surface area contributed by atoms with Gasteiger partial charge in [0.1, 0.15) is 5.51 Å². The van der Waals surface area contributed by atoms with Crippen LogP contribution >= 0.6 is 11.3 Å². The van der Waals surface area contributed by atoms with Crippen LogP contribution in [0.5, 0.6) is 0 Å². The maximum Gasteiger partial charge on any atom is 0.275 e. The van der Waals surface area contributed by atoms with Crippen molar-refractivity contribution in [3.63, 3.8) is 0 Å². The monoisotopic (exact) mass is 295 g/mol. The van der Waals surface area contributed by atoms with Gasteiger partial charge in [-0.05, 0) is 6.92 Å². The first-order chi connectivity index (χ1) is 9.63. The fourth-order valence-electron chi connectivity index (χ4n) is 2.30. The molecule has 3 rings (SSSR count). The molecule has 1 saturated heterocycles. The molecule has 2 aromatic heterocycles. The van der Waals surface area contributed by atoms with E-state index < -0.39 is 0 Å². The molecule has 0 radical (unpaired) electrons. The summed E-state index contributed by atoms with van der Waals surface area (Å²) in [4.78, 5) is 19.2. The molecule has 7 nitrogen and oxygen atoms in total. The molecule has 8 heteroatoms. The second kappa shape index (κ2) is 5.57. The Morgan fingerprint density at radius 2 is 2.50 bits per heavy atom. The van der Waals surface area contributed by atoms with E-state index in [0.29, 0.717) is 18.1 Å². The molecular weight excluding hydrogens is 278 g/mol. The van der Waals surface area contributed by atoms with Crippen molar-refractivity contribution in [2.45, 2.75) is 25.6 Å². The van der Waals surface area contributed by atoms with E-state index in [2.05, 4.69) is 15.0 Å². The van der Waals surface area contributed by atoms with Crippen LogP contribution in [0, 0.1) is 0 Å². The molecule has 0 saturated carbocycles. The summed E-state index contributed by atoms with van der Waals surface area (Å²) in [6.45, 7) is 4.83. The summed E-state index contributed by atoms with van der Waals surface area (Å²) < 4.78 is 6.95. The lowest BCUT2D eigenvalue weighted by molar-refractivity contribution is -0.0406. The molecule has 1 aliphatic rings. The molecule has 108 valence electrons. The quantitative estimate of drug-likeness (QED) is 0.836. The predicted molar refractivity (Wildman–Crippen MR) is 75.8 cm³/mol. The number of hydrogen-bond donors (Lipinski definition) is 1. The molecule has 2 aromatic rings. The van der Waals surface area contributed by atoms with Gasteiger partial charge in [-0.3, -0.25) is 9.69 Å². The Balaban J connectivity index is 1.77. The van der Waals surface area contributed by atoms with Gasteiger partial charge < -0.3 is 10.5 Å². The first kappa shape index (κ1) is 13.6. The third kappa shape index (κ3) is 2.73. The van der Waals surface area contributed by atoms with Crippen LogP contribution in [0.2, 0.25) is 0 Å². The van der Waals surface area contributed by atoms with Gasteiger partial charge in [0.05, 0.1) is 18.4 Å². The van der Waals surface area contributed by atoms with Crippen molar-refractivity contribution in [2.24, 2.45) is 5.73 Å². The Kier molecular flexibility index (Phi) is 3.79. The van der Waals surface area contributed by atoms with E-state index >= 15 is 0 Å². The summed E-state index contributed by atoms with van der Waals surface area (Å²) in [6, 6.07) is 1.55. The van der Waals surface area contributed by atoms with E-state index in [1.807, 2.05) is 6.92 Å². The molecule has 20 heavy (non-hydrogen) atoms. The van der Waals surface area contributed by atoms with Gasteiger partial charge in [0.15, 0.2) is 0 Å². The van der Waals surface area contributed by atoms with E-state index in [1.165, 1.54) is 15.9 Å². The number of fused-ring (bicyclic) bond motifs is 1. The highest BCUT2D eigenvalue weighted by atomic mass is 32.1. The Morgan fingerprint density at radius 3 is 3.30 bits per heavy atom. The van der Waals surface area contributed by atoms with Crippen LogP contribution in [0.15, 0.2) is 16.4 Å². The van der Waals surface area contributed by atoms with Gasteiger partial charge in [-0.15, -0.1) is 0 Å². The first-order valence-corrected chi connectivity index (χ1v) is 7.43. The van der Waals surface area contributed by atoms with Crippen molar-refractivity contribution in [1.82, 2.24) is 19.5 Å². The molecule has 3 heterocycles. The standard InChI is InChI=1S/C12H17N5O2S/c1-8(13)10-6-16(2-3-19-10)5-9-4-11(18)17-12(15-9)20-7-14-17/h4,7-8,10H,2-3,5-6,13H2,1H3. The zero-order valence-corrected chi connectivity index (χ0v) is 12.0. The average Bonchev–Trinajstić information content (AvgIpc) is 2.88. The second-order valence-corrected chi connectivity index (χ2v) is 5.83. The highest BCUT2D eigenvalue weighted by Crippen LogP contribution is 2.11. The van der Waals surface area contributed by atoms with Crippen molar-refractivity contribution in [3.8, 4) is 0 Å². The summed E-state index contributed by atoms with van der Waals surface area (Å²) in [5, 5.41) is 3.95. The SMILES string of the molecule is CC(N)C1CN(Cc2cc(=O)n3ncsc3n2)CCO1. The van der Waals surface area contributed by atoms with Crippen molar-refractivity contribution in [3.05, 3.63) is 27.6 Å². The van der Waals surface area contributed by atoms with Crippen molar-refractivity contribution in [1.29, 1.82) is 0 Å². The fourth-order valence-corrected chi connectivity index (χ4v) is 2.95. The molecular formula is C12H17N5O2S. The van der Waals surface area contributed by atoms with Crippen LogP contribution in [0.4, 0.5) is 0 Å². The molecule has 0 amide bonds. The first-order valence-electron chi connectivity index (χ1n) is 6.55. The van der Waals surface area contributed by atoms with Crippen LogP contribution in [-0.2, 0) is 11.3 Å². The van der Waals surface area contributed by atoms with Gasteiger partial charge in [0.25, 0.3) is 5.56 Å². The van der Waals surface area contributed by atoms with Gasteiger partial charge in [0.2, 0.25) is 4.96 Å². The zero-order valence-electron chi connectivity index (χ0n) is 11.2. The third-order valence-electron chi connectivity index (χ3n) is 3.39. The second-order valence-electron chi connectivity index (χ2n) is 5.02. The van der Waals surface area contributed by atoms with E-state index in [9.17, 15) is 4.79 Å². The Bertz CT molecular complexity index is 653. The number of nitrogens with two attached hydrogens (primary N) is 1. The number of morpholine rings is 1. The molecule has 2 unspecified atom stereocenters. The highest BCUT2D eigenvalue weighted by Gasteiger charge is 2.23. The van der Waals surface area contributed by atoms with Gasteiger partial charge in [-0.25, -0.2) is 4.98 Å². The lowest BCUT2D eigenvalue weighted by atomic mass is 10.1. The van der Waals surface area contributed by atoms with E-state index in [0.717, 1.165) is 18.8 Å². The van der Waals surface area contributed by atoms with E-state index in [4.69, 9.17) is 10.5 Å². The summed E-state index contributed by atoms with van der Waals surface area (Å²) in [5.74, 6) is 0. The van der Waals surface area contributed by atoms with Crippen LogP contribution in [0.25, 0.3) is 4.96 Å². The molecule has 0 bridgehead atoms. The van der Waals surface area contributed by atoms with Crippen molar-refractivity contribution >= 4 is 16.3 Å². The Morgan fingerprint density at radius 1 is 1.65 bits per heavy atom. The van der Waals surface area contributed by atoms with Crippen molar-refractivity contribution in [2.75, 3.05) is 19.7 Å². The lowest BCUT2D eigenvalue weighted by Crippen LogP contribution is -2.49. The van der Waals surface area contributed by atoms with Crippen molar-refractivity contribution < 1.29 is 4.74 Å². The Hall–Kier alpha value is -1.35. The third-order valence-corrected chi connectivity index (χ3v) is 4.06. The number of ether oxygens (including phenoxy) is 1. The lowest BCUT2D eigenvalue weighted by Gasteiger charge is -2.34. The fraction of sp³-hybridized carbons (Fsp3) is 0.583. The minimum atomic E-state index is -0.136. The normalized spacial score (nSPS) is 22.2. The molecule has 2 N–H and O–H groups in total. The van der Waals surface area contributed by atoms with Gasteiger partial charge >= 0.3 is 0 Å². The molecule has 0 spiro atoms. The van der Waals surface area contributed by atoms with Crippen LogP contribution in [-0.4, -0.2) is 51.3 Å². The summed E-state index contributed by atoms with van der Waals surface area (Å²) in [5.41, 5.74) is 8.13. The molecule has 0 aliphatic carbocycles. The average molecular weight is 295 g/mol. The topological polar surface area (TPSA) is 85.8 Å². The van der Waals surface area contributed by atoms with Gasteiger partial charge in [0, 0.05) is 31.7 Å². The molecule has 0 aromatic carbocycles. The molecule has 2 atom stereocenters. The number of hydrogen-bond acceptors (Lipinski definition) is 7. The predicted octanol–water partition coefficient (Wildman–Crippen LogP) is -0.301. The Labute approximate surface area is 120 Å². The molecule has 1 aliphatic heterocycles. The number of aromatic nitrogens is 3. The van der Waals surface area contributed by atoms with Gasteiger partial charge in [-0.1, -0.05) is 11.3 Å². The maximum atomic E-state index is 11.9. The summed E-state index contributed by atoms with van der Waals surface area (Å²) in [6.07, 6.45) is 0.0389. The highest BCUT2D eigenvalue weighted by molar-refractivity contribution is 7.14. The summed E-state index contributed by atoms with van der Waals surface area (Å²) in [7, 11) is 0. The van der Waals surface area contributed by atoms with Crippen LogP contribution in [0.1, 0.15) is 12.6 Å². The number of nitrogens with zero attached hydrogens (tertiary/aromatic N) is 4. The van der Waals surface area contributed by atoms with Gasteiger partial charge in [-0.2, -0.15) is 9.61 Å². The van der Waals surface area contributed by atoms with Crippen LogP contribution < -0.4 is 11.3 Å². The molecule has 1 fully saturated rings. The smallest absolute Gasteiger partial charge is 0.275 e. The van der Waals surface area contributed by atoms with Crippen LogP contribution in [0.3, 0.4) is 0 Å². The summed E-state index contributed by atoms with van der Waals surface area (Å²) >= 11 is 1.36. The van der Waals surface area contributed by atoms with E-state index in [-0.39, 0.29) is 17.7 Å². The zero-order chi connectivity index (χ0) is 14.1. The largest absolute Gasteiger partial charge is 0.374 e.